The van der Waals surface area contributed by atoms with E-state index in [1.807, 2.05) is 23.6 Å². The number of carbonyl (C=O) groups excluding carboxylic acids is 1. The summed E-state index contributed by atoms with van der Waals surface area (Å²) in [5.74, 6) is -1.97. The van der Waals surface area contributed by atoms with Crippen LogP contribution in [-0.4, -0.2) is 38.5 Å². The van der Waals surface area contributed by atoms with Crippen molar-refractivity contribution in [2.45, 2.75) is 18.4 Å². The number of aliphatic hydroxyl groups excluding tert-OH is 1. The van der Waals surface area contributed by atoms with Crippen molar-refractivity contribution in [3.63, 3.8) is 0 Å². The van der Waals surface area contributed by atoms with Gasteiger partial charge in [0, 0.05) is 9.78 Å². The summed E-state index contributed by atoms with van der Waals surface area (Å²) < 4.78 is 0. The third-order valence-corrected chi connectivity index (χ3v) is 5.64. The van der Waals surface area contributed by atoms with Crippen LogP contribution >= 0.6 is 23.1 Å². The molecule has 7 heteroatoms. The lowest BCUT2D eigenvalue weighted by Gasteiger charge is -2.43. The van der Waals surface area contributed by atoms with Gasteiger partial charge in [-0.2, -0.15) is 0 Å². The highest BCUT2D eigenvalue weighted by molar-refractivity contribution is 8.04. The number of amides is 1. The molecule has 21 heavy (non-hydrogen) atoms. The summed E-state index contributed by atoms with van der Waals surface area (Å²) in [5, 5.41) is 20.6. The number of allylic oxidation sites excluding steroid dienone is 1. The van der Waals surface area contributed by atoms with E-state index >= 15 is 0 Å². The molecule has 0 radical (unpaired) electrons. The van der Waals surface area contributed by atoms with Gasteiger partial charge in [0.05, 0.1) is 12.0 Å². The van der Waals surface area contributed by atoms with Crippen molar-refractivity contribution in [2.24, 2.45) is 5.92 Å². The predicted molar refractivity (Wildman–Crippen MR) is 81.4 cm³/mol. The lowest BCUT2D eigenvalue weighted by atomic mass is 9.92. The molecule has 3 atom stereocenters. The first-order chi connectivity index (χ1) is 10.0. The molecule has 2 aliphatic rings. The second kappa shape index (κ2) is 5.32. The number of hydrogen-bond donors (Lipinski definition) is 2. The highest BCUT2D eigenvalue weighted by atomic mass is 32.2. The molecule has 0 spiro atoms. The molecular formula is C14H13NO4S2. The summed E-state index contributed by atoms with van der Waals surface area (Å²) in [6.07, 6.45) is 2.79. The Kier molecular flexibility index (Phi) is 3.64. The minimum Gasteiger partial charge on any atom is -0.477 e. The Hall–Kier alpha value is -1.57. The van der Waals surface area contributed by atoms with E-state index in [0.29, 0.717) is 4.91 Å². The molecule has 1 aromatic heterocycles. The molecule has 1 fully saturated rings. The van der Waals surface area contributed by atoms with Crippen LogP contribution in [0.4, 0.5) is 0 Å². The fourth-order valence-electron chi connectivity index (χ4n) is 2.47. The largest absolute Gasteiger partial charge is 0.477 e. The predicted octanol–water partition coefficient (Wildman–Crippen LogP) is 1.97. The number of rotatable bonds is 4. The molecule has 1 aromatic rings. The lowest BCUT2D eigenvalue weighted by molar-refractivity contribution is -0.156. The number of nitrogens with zero attached hydrogens (tertiary/aromatic N) is 1. The Morgan fingerprint density at radius 1 is 1.48 bits per heavy atom. The maximum Gasteiger partial charge on any atom is 0.353 e. The van der Waals surface area contributed by atoms with Crippen molar-refractivity contribution in [3.8, 4) is 0 Å². The van der Waals surface area contributed by atoms with Crippen LogP contribution < -0.4 is 0 Å². The van der Waals surface area contributed by atoms with Gasteiger partial charge in [-0.3, -0.25) is 9.69 Å². The van der Waals surface area contributed by atoms with Crippen LogP contribution in [0.25, 0.3) is 6.08 Å². The molecule has 1 amide bonds. The van der Waals surface area contributed by atoms with Crippen molar-refractivity contribution in [1.82, 2.24) is 4.90 Å². The molecule has 1 saturated heterocycles. The summed E-state index contributed by atoms with van der Waals surface area (Å²) in [6.45, 7) is 1.56. The minimum absolute atomic E-state index is 0.0136. The van der Waals surface area contributed by atoms with E-state index in [1.165, 1.54) is 16.7 Å². The van der Waals surface area contributed by atoms with Gasteiger partial charge in [-0.25, -0.2) is 4.79 Å². The SMILES string of the molecule is CC(O)[C@H]1C(=O)N2C(C(=O)O)=C(/C=C/c3cccs3)S[C@H]12. The van der Waals surface area contributed by atoms with Crippen LogP contribution in [0.3, 0.4) is 0 Å². The monoisotopic (exact) mass is 323 g/mol. The topological polar surface area (TPSA) is 77.8 Å². The summed E-state index contributed by atoms with van der Waals surface area (Å²) in [4.78, 5) is 26.3. The first-order valence-corrected chi connectivity index (χ1v) is 8.13. The zero-order valence-electron chi connectivity index (χ0n) is 11.1. The normalized spacial score (nSPS) is 26.2. The highest BCUT2D eigenvalue weighted by Crippen LogP contribution is 2.50. The number of thiophene rings is 1. The molecule has 110 valence electrons. The molecule has 3 rings (SSSR count). The van der Waals surface area contributed by atoms with Crippen LogP contribution in [0.5, 0.6) is 0 Å². The van der Waals surface area contributed by atoms with Gasteiger partial charge in [0.25, 0.3) is 0 Å². The fraction of sp³-hybridized carbons (Fsp3) is 0.286. The quantitative estimate of drug-likeness (QED) is 0.828. The summed E-state index contributed by atoms with van der Waals surface area (Å²) in [7, 11) is 0. The Morgan fingerprint density at radius 3 is 2.81 bits per heavy atom. The van der Waals surface area contributed by atoms with Crippen LogP contribution in [-0.2, 0) is 9.59 Å². The van der Waals surface area contributed by atoms with Crippen molar-refractivity contribution < 1.29 is 19.8 Å². The second-order valence-electron chi connectivity index (χ2n) is 4.85. The summed E-state index contributed by atoms with van der Waals surface area (Å²) >= 11 is 2.87. The van der Waals surface area contributed by atoms with Gasteiger partial charge >= 0.3 is 5.97 Å². The van der Waals surface area contributed by atoms with E-state index in [1.54, 1.807) is 24.3 Å². The Balaban J connectivity index is 1.89. The maximum atomic E-state index is 12.0. The molecular weight excluding hydrogens is 310 g/mol. The zero-order valence-corrected chi connectivity index (χ0v) is 12.7. The lowest BCUT2D eigenvalue weighted by Crippen LogP contribution is -2.60. The van der Waals surface area contributed by atoms with E-state index in [2.05, 4.69) is 0 Å². The standard InChI is InChI=1S/C14H13NO4S2/c1-7(16)10-12(17)15-11(14(18)19)9(21-13(10)15)5-4-8-3-2-6-20-8/h2-7,10,13,16H,1H3,(H,18,19)/b5-4+/t7?,10-,13+/m0/s1. The van der Waals surface area contributed by atoms with Gasteiger partial charge < -0.3 is 10.2 Å². The smallest absolute Gasteiger partial charge is 0.353 e. The molecule has 5 nitrogen and oxygen atoms in total. The number of carboxylic acids is 1. The number of carbonyl (C=O) groups is 2. The Morgan fingerprint density at radius 2 is 2.24 bits per heavy atom. The molecule has 3 heterocycles. The van der Waals surface area contributed by atoms with Crippen molar-refractivity contribution in [1.29, 1.82) is 0 Å². The van der Waals surface area contributed by atoms with Gasteiger partial charge in [-0.1, -0.05) is 17.8 Å². The maximum absolute atomic E-state index is 12.0. The number of thioether (sulfide) groups is 1. The minimum atomic E-state index is -1.12. The van der Waals surface area contributed by atoms with Gasteiger partial charge in [0.15, 0.2) is 0 Å². The van der Waals surface area contributed by atoms with Gasteiger partial charge in [0.2, 0.25) is 5.91 Å². The van der Waals surface area contributed by atoms with Crippen molar-refractivity contribution in [2.75, 3.05) is 0 Å². The van der Waals surface area contributed by atoms with Crippen molar-refractivity contribution >= 4 is 41.1 Å². The highest BCUT2D eigenvalue weighted by Gasteiger charge is 2.57. The molecule has 2 aliphatic heterocycles. The zero-order chi connectivity index (χ0) is 15.1. The molecule has 0 aliphatic carbocycles. The first kappa shape index (κ1) is 14.4. The van der Waals surface area contributed by atoms with Crippen LogP contribution in [0.1, 0.15) is 11.8 Å². The Bertz CT molecular complexity index is 648. The van der Waals surface area contributed by atoms with E-state index in [0.717, 1.165) is 4.88 Å². The molecule has 0 aromatic carbocycles. The van der Waals surface area contributed by atoms with Crippen LogP contribution in [0.15, 0.2) is 34.2 Å². The number of aliphatic hydroxyl groups is 1. The van der Waals surface area contributed by atoms with Gasteiger partial charge in [0.1, 0.15) is 11.1 Å². The van der Waals surface area contributed by atoms with E-state index < -0.39 is 18.0 Å². The van der Waals surface area contributed by atoms with Crippen LogP contribution in [0, 0.1) is 5.92 Å². The summed E-state index contributed by atoms with van der Waals surface area (Å²) in [6, 6.07) is 3.85. The van der Waals surface area contributed by atoms with Crippen LogP contribution in [0.2, 0.25) is 0 Å². The van der Waals surface area contributed by atoms with Crippen molar-refractivity contribution in [3.05, 3.63) is 39.1 Å². The Labute approximate surface area is 129 Å². The average Bonchev–Trinajstić information content (AvgIpc) is 3.01. The van der Waals surface area contributed by atoms with Gasteiger partial charge in [-0.05, 0) is 30.5 Å². The number of hydrogen-bond acceptors (Lipinski definition) is 5. The second-order valence-corrected chi connectivity index (χ2v) is 6.99. The average molecular weight is 323 g/mol. The van der Waals surface area contributed by atoms with E-state index in [9.17, 15) is 19.8 Å². The number of aliphatic carboxylic acids is 1. The molecule has 2 N–H and O–H groups in total. The number of β-lactam (4-membered cyclic amide) rings is 1. The molecule has 0 saturated carbocycles. The van der Waals surface area contributed by atoms with E-state index in [4.69, 9.17) is 0 Å². The third kappa shape index (κ3) is 2.31. The third-order valence-electron chi connectivity index (χ3n) is 3.47. The van der Waals surface area contributed by atoms with Gasteiger partial charge in [-0.15, -0.1) is 11.3 Å². The van der Waals surface area contributed by atoms with E-state index in [-0.39, 0.29) is 17.0 Å². The number of fused-ring (bicyclic) bond motifs is 1. The molecule has 0 bridgehead atoms. The summed E-state index contributed by atoms with van der Waals surface area (Å²) in [5.41, 5.74) is 0.0136. The molecule has 1 unspecified atom stereocenters. The first-order valence-electron chi connectivity index (χ1n) is 6.37. The number of carboxylic acid groups (broad SMARTS) is 1. The fourth-order valence-corrected chi connectivity index (χ4v) is 4.60.